The summed E-state index contributed by atoms with van der Waals surface area (Å²) < 4.78 is 0. The lowest BCUT2D eigenvalue weighted by Gasteiger charge is -2.25. The van der Waals surface area contributed by atoms with Crippen LogP contribution in [-0.2, 0) is 0 Å². The largest absolute Gasteiger partial charge is 0.314 e. The number of hydrogen-bond donors (Lipinski definition) is 2. The molecule has 0 aliphatic carbocycles. The summed E-state index contributed by atoms with van der Waals surface area (Å²) in [4.78, 5) is 0. The van der Waals surface area contributed by atoms with Gasteiger partial charge >= 0.3 is 0 Å². The topological polar surface area (TPSA) is 24.1 Å². The Morgan fingerprint density at radius 1 is 0.778 bits per heavy atom. The van der Waals surface area contributed by atoms with Crippen LogP contribution in [0.3, 0.4) is 0 Å². The Balaban J connectivity index is 1.80. The number of hydrogen-bond acceptors (Lipinski definition) is 2. The number of nitrogens with one attached hydrogen (secondary N) is 2. The average Bonchev–Trinajstić information content (AvgIpc) is 2.49. The molecule has 92 valence electrons. The summed E-state index contributed by atoms with van der Waals surface area (Å²) in [6.45, 7) is 3.13. The number of piperazine rings is 1. The van der Waals surface area contributed by atoms with Gasteiger partial charge in [-0.25, -0.2) is 0 Å². The van der Waals surface area contributed by atoms with Gasteiger partial charge in [0, 0.05) is 25.7 Å². The van der Waals surface area contributed by atoms with Crippen LogP contribution in [0.15, 0.2) is 54.6 Å². The highest BCUT2D eigenvalue weighted by Gasteiger charge is 2.13. The minimum Gasteiger partial charge on any atom is -0.314 e. The molecule has 2 nitrogen and oxygen atoms in total. The van der Waals surface area contributed by atoms with Crippen LogP contribution in [0.1, 0.15) is 11.6 Å². The van der Waals surface area contributed by atoms with Gasteiger partial charge in [0.1, 0.15) is 0 Å². The van der Waals surface area contributed by atoms with E-state index in [1.807, 2.05) is 0 Å². The van der Waals surface area contributed by atoms with Gasteiger partial charge in [0.25, 0.3) is 0 Å². The van der Waals surface area contributed by atoms with Gasteiger partial charge in [-0.05, 0) is 16.7 Å². The predicted octanol–water partition coefficient (Wildman–Crippen LogP) is 2.59. The van der Waals surface area contributed by atoms with Crippen LogP contribution in [0, 0.1) is 0 Å². The highest BCUT2D eigenvalue weighted by molar-refractivity contribution is 5.63. The minimum atomic E-state index is 0.448. The Kier molecular flexibility index (Phi) is 3.40. The molecule has 2 aromatic rings. The van der Waals surface area contributed by atoms with Crippen molar-refractivity contribution >= 4 is 0 Å². The normalized spacial score (nSPS) is 19.7. The van der Waals surface area contributed by atoms with Crippen LogP contribution in [0.5, 0.6) is 0 Å². The summed E-state index contributed by atoms with van der Waals surface area (Å²) >= 11 is 0. The van der Waals surface area contributed by atoms with Gasteiger partial charge in [-0.15, -0.1) is 0 Å². The summed E-state index contributed by atoms with van der Waals surface area (Å²) in [6.07, 6.45) is 0. The van der Waals surface area contributed by atoms with E-state index < -0.39 is 0 Å². The van der Waals surface area contributed by atoms with Gasteiger partial charge in [0.15, 0.2) is 0 Å². The number of rotatable bonds is 2. The molecule has 1 fully saturated rings. The zero-order valence-corrected chi connectivity index (χ0v) is 10.4. The lowest BCUT2D eigenvalue weighted by Crippen LogP contribution is -2.42. The van der Waals surface area contributed by atoms with Crippen molar-refractivity contribution in [3.05, 3.63) is 60.2 Å². The molecular weight excluding hydrogens is 220 g/mol. The van der Waals surface area contributed by atoms with Crippen molar-refractivity contribution < 1.29 is 0 Å². The highest BCUT2D eigenvalue weighted by atomic mass is 15.1. The molecule has 0 saturated carbocycles. The predicted molar refractivity (Wildman–Crippen MR) is 75.5 cm³/mol. The molecular formula is C16H18N2. The molecule has 0 unspecified atom stereocenters. The summed E-state index contributed by atoms with van der Waals surface area (Å²) in [7, 11) is 0. The molecule has 2 N–H and O–H groups in total. The standard InChI is InChI=1S/C16H18N2/c1-2-4-13(5-3-1)14-6-8-15(9-7-14)16-12-17-10-11-18-16/h1-9,16-18H,10-12H2/t16-/m0/s1. The highest BCUT2D eigenvalue weighted by Crippen LogP contribution is 2.22. The smallest absolute Gasteiger partial charge is 0.0447 e. The summed E-state index contributed by atoms with van der Waals surface area (Å²) in [5.41, 5.74) is 3.92. The molecule has 2 aromatic carbocycles. The zero-order chi connectivity index (χ0) is 12.2. The monoisotopic (exact) mass is 238 g/mol. The van der Waals surface area contributed by atoms with Crippen LogP contribution in [-0.4, -0.2) is 19.6 Å². The van der Waals surface area contributed by atoms with Gasteiger partial charge in [0.05, 0.1) is 0 Å². The maximum atomic E-state index is 3.53. The fraction of sp³-hybridized carbons (Fsp3) is 0.250. The molecule has 1 atom stereocenters. The third kappa shape index (κ3) is 2.45. The molecule has 1 aliphatic rings. The molecule has 0 amide bonds. The van der Waals surface area contributed by atoms with Gasteiger partial charge in [0.2, 0.25) is 0 Å². The van der Waals surface area contributed by atoms with E-state index in [1.165, 1.54) is 16.7 Å². The Labute approximate surface area is 108 Å². The fourth-order valence-electron chi connectivity index (χ4n) is 2.43. The summed E-state index contributed by atoms with van der Waals surface area (Å²) in [6, 6.07) is 19.8. The van der Waals surface area contributed by atoms with Crippen molar-refractivity contribution in [2.75, 3.05) is 19.6 Å². The van der Waals surface area contributed by atoms with Crippen LogP contribution in [0.2, 0.25) is 0 Å². The average molecular weight is 238 g/mol. The number of benzene rings is 2. The van der Waals surface area contributed by atoms with Gasteiger partial charge in [-0.3, -0.25) is 0 Å². The first kappa shape index (κ1) is 11.5. The lowest BCUT2D eigenvalue weighted by molar-refractivity contribution is 0.430. The molecule has 18 heavy (non-hydrogen) atoms. The Morgan fingerprint density at radius 2 is 1.50 bits per heavy atom. The second-order valence-electron chi connectivity index (χ2n) is 4.70. The van der Waals surface area contributed by atoms with Crippen LogP contribution < -0.4 is 10.6 Å². The molecule has 3 rings (SSSR count). The van der Waals surface area contributed by atoms with E-state index in [4.69, 9.17) is 0 Å². The third-order valence-corrected chi connectivity index (χ3v) is 3.46. The van der Waals surface area contributed by atoms with E-state index in [1.54, 1.807) is 0 Å². The first-order chi connectivity index (χ1) is 8.93. The third-order valence-electron chi connectivity index (χ3n) is 3.46. The van der Waals surface area contributed by atoms with Crippen LogP contribution in [0.25, 0.3) is 11.1 Å². The molecule has 1 aliphatic heterocycles. The zero-order valence-electron chi connectivity index (χ0n) is 10.4. The Morgan fingerprint density at radius 3 is 2.17 bits per heavy atom. The van der Waals surface area contributed by atoms with Crippen molar-refractivity contribution in [3.63, 3.8) is 0 Å². The van der Waals surface area contributed by atoms with Gasteiger partial charge in [-0.1, -0.05) is 54.6 Å². The maximum Gasteiger partial charge on any atom is 0.0447 e. The summed E-state index contributed by atoms with van der Waals surface area (Å²) in [5.74, 6) is 0. The maximum absolute atomic E-state index is 3.53. The lowest BCUT2D eigenvalue weighted by atomic mass is 10.00. The van der Waals surface area contributed by atoms with Crippen molar-refractivity contribution in [1.29, 1.82) is 0 Å². The van der Waals surface area contributed by atoms with Crippen LogP contribution in [0.4, 0.5) is 0 Å². The van der Waals surface area contributed by atoms with Crippen molar-refractivity contribution in [2.24, 2.45) is 0 Å². The van der Waals surface area contributed by atoms with Gasteiger partial charge < -0.3 is 10.6 Å². The molecule has 0 spiro atoms. The molecule has 1 heterocycles. The van der Waals surface area contributed by atoms with E-state index in [0.29, 0.717) is 6.04 Å². The van der Waals surface area contributed by atoms with Crippen molar-refractivity contribution in [3.8, 4) is 11.1 Å². The molecule has 1 saturated heterocycles. The Hall–Kier alpha value is -1.64. The molecule has 2 heteroatoms. The van der Waals surface area contributed by atoms with Gasteiger partial charge in [-0.2, -0.15) is 0 Å². The first-order valence-electron chi connectivity index (χ1n) is 6.53. The van der Waals surface area contributed by atoms with Crippen molar-refractivity contribution in [2.45, 2.75) is 6.04 Å². The molecule has 0 radical (unpaired) electrons. The second-order valence-corrected chi connectivity index (χ2v) is 4.70. The van der Waals surface area contributed by atoms with Crippen LogP contribution >= 0.6 is 0 Å². The van der Waals surface area contributed by atoms with E-state index >= 15 is 0 Å². The minimum absolute atomic E-state index is 0.448. The summed E-state index contributed by atoms with van der Waals surface area (Å²) in [5, 5.41) is 6.95. The van der Waals surface area contributed by atoms with E-state index in [9.17, 15) is 0 Å². The molecule has 0 aromatic heterocycles. The Bertz CT molecular complexity index is 484. The quantitative estimate of drug-likeness (QED) is 0.840. The fourth-order valence-corrected chi connectivity index (χ4v) is 2.43. The van der Waals surface area contributed by atoms with E-state index in [-0.39, 0.29) is 0 Å². The second kappa shape index (κ2) is 5.34. The first-order valence-corrected chi connectivity index (χ1v) is 6.53. The van der Waals surface area contributed by atoms with Crippen molar-refractivity contribution in [1.82, 2.24) is 10.6 Å². The van der Waals surface area contributed by atoms with E-state index in [0.717, 1.165) is 19.6 Å². The van der Waals surface area contributed by atoms with E-state index in [2.05, 4.69) is 65.2 Å². The molecule has 0 bridgehead atoms. The SMILES string of the molecule is c1ccc(-c2ccc([C@@H]3CNCCN3)cc2)cc1.